The first-order valence-electron chi connectivity index (χ1n) is 3.70. The lowest BCUT2D eigenvalue weighted by Gasteiger charge is -2.06. The van der Waals surface area contributed by atoms with E-state index in [9.17, 15) is 18.0 Å². The van der Waals surface area contributed by atoms with Gasteiger partial charge in [0.25, 0.3) is 0 Å². The molecule has 0 aromatic carbocycles. The van der Waals surface area contributed by atoms with E-state index in [0.29, 0.717) is 19.3 Å². The Balaban J connectivity index is 3.45. The first-order chi connectivity index (χ1) is 5.98. The smallest absolute Gasteiger partial charge is 0.348 e. The minimum Gasteiger partial charge on any atom is -0.348 e. The van der Waals surface area contributed by atoms with E-state index in [2.05, 4.69) is 0 Å². The minimum atomic E-state index is -4.81. The molecule has 0 spiro atoms. The largest absolute Gasteiger partial charge is 0.471 e. The summed E-state index contributed by atoms with van der Waals surface area (Å²) in [6.07, 6.45) is -3.64. The molecule has 3 nitrogen and oxygen atoms in total. The molecule has 0 unspecified atom stereocenters. The summed E-state index contributed by atoms with van der Waals surface area (Å²) in [7, 11) is 0. The lowest BCUT2D eigenvalue weighted by Crippen LogP contribution is -2.37. The Kier molecular flexibility index (Phi) is 4.89. The molecule has 0 radical (unpaired) electrons. The molecule has 0 saturated heterocycles. The monoisotopic (exact) mass is 194 g/mol. The maximum absolute atomic E-state index is 11.6. The molecule has 0 saturated carbocycles. The number of carbonyl (C=O) groups excluding carboxylic acids is 1. The van der Waals surface area contributed by atoms with E-state index in [-0.39, 0.29) is 6.54 Å². The molecule has 0 bridgehead atoms. The Morgan fingerprint density at radius 2 is 2.00 bits per heavy atom. The van der Waals surface area contributed by atoms with Crippen LogP contribution in [0.2, 0.25) is 0 Å². The Labute approximate surface area is 73.5 Å². The van der Waals surface area contributed by atoms with Crippen LogP contribution >= 0.6 is 0 Å². The van der Waals surface area contributed by atoms with Crippen molar-refractivity contribution in [3.63, 3.8) is 0 Å². The molecule has 0 aliphatic rings. The molecule has 0 aromatic rings. The molecular formula is C7H9F3N2O. The third-order valence-corrected chi connectivity index (χ3v) is 1.26. The van der Waals surface area contributed by atoms with Gasteiger partial charge in [0.1, 0.15) is 0 Å². The lowest BCUT2D eigenvalue weighted by molar-refractivity contribution is -0.173. The second-order valence-electron chi connectivity index (χ2n) is 2.37. The third-order valence-electron chi connectivity index (χ3n) is 1.26. The molecular weight excluding hydrogens is 185 g/mol. The molecule has 0 atom stereocenters. The normalized spacial score (nSPS) is 10.6. The average Bonchev–Trinajstić information content (AvgIpc) is 2.02. The molecule has 6 heteroatoms. The zero-order valence-electron chi connectivity index (χ0n) is 6.82. The number of nitrogens with one attached hydrogen (secondary N) is 1. The van der Waals surface area contributed by atoms with Crippen LogP contribution in [-0.2, 0) is 4.79 Å². The molecule has 0 rings (SSSR count). The second-order valence-corrected chi connectivity index (χ2v) is 2.37. The number of halogens is 3. The highest BCUT2D eigenvalue weighted by atomic mass is 19.4. The van der Waals surface area contributed by atoms with Gasteiger partial charge in [-0.2, -0.15) is 18.4 Å². The summed E-state index contributed by atoms with van der Waals surface area (Å²) >= 11 is 0. The number of rotatable bonds is 4. The highest BCUT2D eigenvalue weighted by molar-refractivity contribution is 5.81. The van der Waals surface area contributed by atoms with E-state index in [1.54, 1.807) is 5.32 Å². The van der Waals surface area contributed by atoms with Crippen LogP contribution < -0.4 is 5.32 Å². The molecule has 0 heterocycles. The van der Waals surface area contributed by atoms with Crippen molar-refractivity contribution in [2.75, 3.05) is 6.54 Å². The summed E-state index contributed by atoms with van der Waals surface area (Å²) < 4.78 is 34.7. The summed E-state index contributed by atoms with van der Waals surface area (Å²) in [5.41, 5.74) is 0. The number of carbonyl (C=O) groups is 1. The minimum absolute atomic E-state index is 0.0416. The second kappa shape index (κ2) is 5.41. The number of nitrogens with zero attached hydrogens (tertiary/aromatic N) is 1. The first kappa shape index (κ1) is 11.8. The van der Waals surface area contributed by atoms with Gasteiger partial charge in [0.15, 0.2) is 0 Å². The average molecular weight is 194 g/mol. The predicted octanol–water partition coefficient (Wildman–Crippen LogP) is 1.36. The number of alkyl halides is 3. The first-order valence-corrected chi connectivity index (χ1v) is 3.70. The van der Waals surface area contributed by atoms with Crippen molar-refractivity contribution >= 4 is 5.91 Å². The van der Waals surface area contributed by atoms with E-state index in [1.165, 1.54) is 0 Å². The van der Waals surface area contributed by atoms with Gasteiger partial charge >= 0.3 is 12.1 Å². The Morgan fingerprint density at radius 3 is 2.46 bits per heavy atom. The van der Waals surface area contributed by atoms with Gasteiger partial charge in [0.2, 0.25) is 0 Å². The quantitative estimate of drug-likeness (QED) is 0.687. The zero-order chi connectivity index (χ0) is 10.3. The van der Waals surface area contributed by atoms with Gasteiger partial charge in [0, 0.05) is 13.0 Å². The number of hydrogen-bond acceptors (Lipinski definition) is 2. The van der Waals surface area contributed by atoms with Crippen LogP contribution in [0.3, 0.4) is 0 Å². The van der Waals surface area contributed by atoms with Gasteiger partial charge in [-0.1, -0.05) is 0 Å². The highest BCUT2D eigenvalue weighted by Crippen LogP contribution is 2.13. The van der Waals surface area contributed by atoms with E-state index in [0.717, 1.165) is 0 Å². The van der Waals surface area contributed by atoms with Crippen molar-refractivity contribution < 1.29 is 18.0 Å². The van der Waals surface area contributed by atoms with Crippen molar-refractivity contribution in [2.45, 2.75) is 25.4 Å². The molecule has 13 heavy (non-hydrogen) atoms. The van der Waals surface area contributed by atoms with Crippen LogP contribution in [0.25, 0.3) is 0 Å². The summed E-state index contributed by atoms with van der Waals surface area (Å²) in [6, 6.07) is 1.85. The van der Waals surface area contributed by atoms with Crippen LogP contribution in [0.1, 0.15) is 19.3 Å². The van der Waals surface area contributed by atoms with E-state index in [1.807, 2.05) is 6.07 Å². The fourth-order valence-electron chi connectivity index (χ4n) is 0.631. The lowest BCUT2D eigenvalue weighted by atomic mass is 10.2. The maximum Gasteiger partial charge on any atom is 0.471 e. The summed E-state index contributed by atoms with van der Waals surface area (Å²) in [4.78, 5) is 10.2. The van der Waals surface area contributed by atoms with Gasteiger partial charge in [0.05, 0.1) is 6.07 Å². The Bertz CT molecular complexity index is 207. The molecule has 0 aliphatic carbocycles. The maximum atomic E-state index is 11.6. The molecule has 74 valence electrons. The highest BCUT2D eigenvalue weighted by Gasteiger charge is 2.37. The number of unbranched alkanes of at least 4 members (excludes halogenated alkanes) is 2. The third kappa shape index (κ3) is 5.96. The van der Waals surface area contributed by atoms with Crippen LogP contribution in [0, 0.1) is 11.3 Å². The van der Waals surface area contributed by atoms with Crippen molar-refractivity contribution in [1.82, 2.24) is 5.32 Å². The van der Waals surface area contributed by atoms with E-state index < -0.39 is 12.1 Å². The van der Waals surface area contributed by atoms with Gasteiger partial charge in [-0.15, -0.1) is 0 Å². The van der Waals surface area contributed by atoms with Gasteiger partial charge in [-0.25, -0.2) is 0 Å². The standard InChI is InChI=1S/C7H9F3N2O/c8-7(9,10)6(13)12-5-3-1-2-4-11/h1-3,5H2,(H,12,13). The topological polar surface area (TPSA) is 52.9 Å². The van der Waals surface area contributed by atoms with Crippen LogP contribution in [-0.4, -0.2) is 18.6 Å². The molecule has 1 amide bonds. The van der Waals surface area contributed by atoms with E-state index >= 15 is 0 Å². The van der Waals surface area contributed by atoms with Gasteiger partial charge < -0.3 is 5.32 Å². The van der Waals surface area contributed by atoms with Gasteiger partial charge in [-0.05, 0) is 12.8 Å². The number of nitriles is 1. The SMILES string of the molecule is N#CCCCCNC(=O)C(F)(F)F. The zero-order valence-corrected chi connectivity index (χ0v) is 6.82. The Hall–Kier alpha value is -1.25. The summed E-state index contributed by atoms with van der Waals surface area (Å²) in [6.45, 7) is -0.0416. The van der Waals surface area contributed by atoms with Crippen LogP contribution in [0.4, 0.5) is 13.2 Å². The number of amides is 1. The van der Waals surface area contributed by atoms with Gasteiger partial charge in [-0.3, -0.25) is 4.79 Å². The Morgan fingerprint density at radius 1 is 1.38 bits per heavy atom. The summed E-state index contributed by atoms with van der Waals surface area (Å²) in [5.74, 6) is -1.93. The molecule has 0 aromatic heterocycles. The van der Waals surface area contributed by atoms with E-state index in [4.69, 9.17) is 5.26 Å². The van der Waals surface area contributed by atoms with Crippen LogP contribution in [0.15, 0.2) is 0 Å². The molecule has 1 N–H and O–H groups in total. The predicted molar refractivity (Wildman–Crippen MR) is 38.5 cm³/mol. The van der Waals surface area contributed by atoms with Crippen molar-refractivity contribution in [3.05, 3.63) is 0 Å². The summed E-state index contributed by atoms with van der Waals surface area (Å²) in [5, 5.41) is 9.79. The fourth-order valence-corrected chi connectivity index (χ4v) is 0.631. The van der Waals surface area contributed by atoms with Crippen LogP contribution in [0.5, 0.6) is 0 Å². The van der Waals surface area contributed by atoms with Crippen molar-refractivity contribution in [1.29, 1.82) is 5.26 Å². The molecule has 0 fully saturated rings. The van der Waals surface area contributed by atoms with Crippen molar-refractivity contribution in [3.8, 4) is 6.07 Å². The molecule has 0 aliphatic heterocycles. The fraction of sp³-hybridized carbons (Fsp3) is 0.714. The van der Waals surface area contributed by atoms with Crippen molar-refractivity contribution in [2.24, 2.45) is 0 Å². The number of hydrogen-bond donors (Lipinski definition) is 1.